The Hall–Kier alpha value is -1.64. The number of hydrogen-bond acceptors (Lipinski definition) is 2. The van der Waals surface area contributed by atoms with E-state index in [0.29, 0.717) is 24.2 Å². The summed E-state index contributed by atoms with van der Waals surface area (Å²) in [5, 5.41) is 10.1. The van der Waals surface area contributed by atoms with Gasteiger partial charge >= 0.3 is 5.97 Å². The highest BCUT2D eigenvalue weighted by atomic mass is 16.4. The normalized spacial score (nSPS) is 24.5. The molecule has 3 nitrogen and oxygen atoms in total. The third-order valence-electron chi connectivity index (χ3n) is 2.28. The molecule has 1 atom stereocenters. The van der Waals surface area contributed by atoms with E-state index >= 15 is 0 Å². The van der Waals surface area contributed by atoms with Crippen molar-refractivity contribution in [2.45, 2.75) is 25.3 Å². The number of carbonyl (C=O) groups is 1. The minimum absolute atomic E-state index is 0.0596. The summed E-state index contributed by atoms with van der Waals surface area (Å²) in [6, 6.07) is 4.36. The van der Waals surface area contributed by atoms with Crippen LogP contribution in [0.1, 0.15) is 22.0 Å². The van der Waals surface area contributed by atoms with Crippen molar-refractivity contribution in [1.29, 1.82) is 0 Å². The molecule has 0 spiro atoms. The number of para-hydroxylation sites is 1. The first kappa shape index (κ1) is 7.63. The molecule has 1 aliphatic rings. The van der Waals surface area contributed by atoms with E-state index < -0.39 is 12.0 Å². The molecule has 0 radical (unpaired) electrons. The van der Waals surface area contributed by atoms with Crippen LogP contribution in [-0.2, 0) is 4.79 Å². The van der Waals surface area contributed by atoms with Gasteiger partial charge in [0.1, 0.15) is 0 Å². The maximum Gasteiger partial charge on any atom is 0.303 e. The minimum atomic E-state index is -1.06. The Labute approximate surface area is 90.6 Å². The number of aliphatic carboxylic acids is 1. The molecule has 1 N–H and O–H groups in total. The number of carboxylic acid groups (broad SMARTS) is 1. The topological polar surface area (TPSA) is 49.7 Å². The summed E-state index contributed by atoms with van der Waals surface area (Å²) in [7, 11) is 0. The Morgan fingerprint density at radius 1 is 1.67 bits per heavy atom. The minimum Gasteiger partial charge on any atom is -0.481 e. The van der Waals surface area contributed by atoms with Gasteiger partial charge in [-0.15, -0.1) is 0 Å². The second-order valence-electron chi connectivity index (χ2n) is 3.48. The van der Waals surface area contributed by atoms with Gasteiger partial charge in [-0.1, -0.05) is 24.3 Å². The third-order valence-corrected chi connectivity index (χ3v) is 2.28. The van der Waals surface area contributed by atoms with Crippen LogP contribution < -0.4 is 10.6 Å². The van der Waals surface area contributed by atoms with Crippen molar-refractivity contribution < 1.29 is 12.6 Å². The SMILES string of the molecule is [2H]c1ccc2c(c1)=CC([2H])(CCCC(=O)O)N=2. The zero-order valence-corrected chi connectivity index (χ0v) is 8.23. The molecule has 15 heavy (non-hydrogen) atoms. The predicted octanol–water partition coefficient (Wildman–Crippen LogP) is 0.724. The van der Waals surface area contributed by atoms with Crippen LogP contribution in [0, 0.1) is 0 Å². The molecule has 78 valence electrons. The first-order valence-electron chi connectivity index (χ1n) is 5.90. The summed E-state index contributed by atoms with van der Waals surface area (Å²) in [4.78, 5) is 14.7. The molecule has 0 saturated heterocycles. The van der Waals surface area contributed by atoms with Crippen molar-refractivity contribution in [1.82, 2.24) is 0 Å². The molecule has 1 aromatic rings. The van der Waals surface area contributed by atoms with E-state index in [1.54, 1.807) is 24.3 Å². The lowest BCUT2D eigenvalue weighted by Crippen LogP contribution is -2.19. The lowest BCUT2D eigenvalue weighted by Gasteiger charge is -2.01. The quantitative estimate of drug-likeness (QED) is 0.787. The van der Waals surface area contributed by atoms with E-state index in [-0.39, 0.29) is 6.42 Å². The van der Waals surface area contributed by atoms with Crippen LogP contribution in [0.25, 0.3) is 6.08 Å². The lowest BCUT2D eigenvalue weighted by atomic mass is 10.1. The molecule has 3 heteroatoms. The number of carboxylic acids is 1. The fourth-order valence-electron chi connectivity index (χ4n) is 1.57. The Morgan fingerprint density at radius 3 is 3.33 bits per heavy atom. The van der Waals surface area contributed by atoms with Crippen molar-refractivity contribution in [3.8, 4) is 0 Å². The average molecular weight is 205 g/mol. The fraction of sp³-hybridized carbons (Fsp3) is 0.333. The van der Waals surface area contributed by atoms with Crippen LogP contribution >= 0.6 is 0 Å². The van der Waals surface area contributed by atoms with Gasteiger partial charge in [-0.25, -0.2) is 0 Å². The van der Waals surface area contributed by atoms with Crippen molar-refractivity contribution >= 4 is 12.0 Å². The monoisotopic (exact) mass is 205 g/mol. The van der Waals surface area contributed by atoms with Crippen molar-refractivity contribution in [3.63, 3.8) is 0 Å². The second kappa shape index (κ2) is 4.26. The molecule has 0 aliphatic carbocycles. The van der Waals surface area contributed by atoms with Crippen molar-refractivity contribution in [3.05, 3.63) is 34.8 Å². The van der Waals surface area contributed by atoms with E-state index in [2.05, 4.69) is 4.99 Å². The standard InChI is InChI=1S/C12H13NO2/c14-12(15)7-3-5-10-8-9-4-1-2-6-11(9)13-10/h1-2,4,6,8,10H,3,5,7H2,(H,14,15)/i1D,10D. The molecule has 1 heterocycles. The van der Waals surface area contributed by atoms with Gasteiger partial charge in [-0.2, -0.15) is 0 Å². The maximum absolute atomic E-state index is 10.4. The van der Waals surface area contributed by atoms with Gasteiger partial charge in [0, 0.05) is 6.42 Å². The number of benzene rings is 1. The summed E-state index contributed by atoms with van der Waals surface area (Å²) in [6.45, 7) is 0. The van der Waals surface area contributed by atoms with E-state index in [1.807, 2.05) is 0 Å². The van der Waals surface area contributed by atoms with Crippen LogP contribution in [0.3, 0.4) is 0 Å². The zero-order valence-electron chi connectivity index (χ0n) is 10.2. The van der Waals surface area contributed by atoms with Crippen LogP contribution in [0.2, 0.25) is 0 Å². The van der Waals surface area contributed by atoms with E-state index in [4.69, 9.17) is 7.85 Å². The highest BCUT2D eigenvalue weighted by Crippen LogP contribution is 2.07. The summed E-state index contributed by atoms with van der Waals surface area (Å²) < 4.78 is 15.6. The molecular formula is C12H13NO2. The predicted molar refractivity (Wildman–Crippen MR) is 57.0 cm³/mol. The second-order valence-corrected chi connectivity index (χ2v) is 3.48. The van der Waals surface area contributed by atoms with Gasteiger partial charge in [0.05, 0.1) is 14.1 Å². The fourth-order valence-corrected chi connectivity index (χ4v) is 1.57. The van der Waals surface area contributed by atoms with Crippen LogP contribution in [0.5, 0.6) is 0 Å². The maximum atomic E-state index is 10.4. The van der Waals surface area contributed by atoms with Gasteiger partial charge in [0.25, 0.3) is 0 Å². The molecular weight excluding hydrogens is 190 g/mol. The third kappa shape index (κ3) is 2.43. The van der Waals surface area contributed by atoms with Gasteiger partial charge < -0.3 is 5.11 Å². The number of fused-ring (bicyclic) bond motifs is 1. The largest absolute Gasteiger partial charge is 0.481 e. The van der Waals surface area contributed by atoms with Crippen LogP contribution in [0.4, 0.5) is 0 Å². The van der Waals surface area contributed by atoms with Gasteiger partial charge in [-0.3, -0.25) is 9.79 Å². The van der Waals surface area contributed by atoms with E-state index in [0.717, 1.165) is 5.22 Å². The highest BCUT2D eigenvalue weighted by Gasteiger charge is 2.08. The van der Waals surface area contributed by atoms with Crippen molar-refractivity contribution in [2.24, 2.45) is 4.99 Å². The Balaban J connectivity index is 2.17. The van der Waals surface area contributed by atoms with Gasteiger partial charge in [0.15, 0.2) is 0 Å². The smallest absolute Gasteiger partial charge is 0.303 e. The number of rotatable bonds is 4. The molecule has 1 aliphatic heterocycles. The average Bonchev–Trinajstić information content (AvgIpc) is 2.53. The molecule has 1 aromatic carbocycles. The summed E-state index contributed by atoms with van der Waals surface area (Å²) >= 11 is 0. The summed E-state index contributed by atoms with van der Waals surface area (Å²) in [6.07, 6.45) is 2.58. The van der Waals surface area contributed by atoms with Crippen molar-refractivity contribution in [2.75, 3.05) is 0 Å². The van der Waals surface area contributed by atoms with E-state index in [9.17, 15) is 4.79 Å². The van der Waals surface area contributed by atoms with E-state index in [1.165, 1.54) is 0 Å². The molecule has 0 saturated carbocycles. The lowest BCUT2D eigenvalue weighted by molar-refractivity contribution is -0.137. The molecule has 0 aromatic heterocycles. The van der Waals surface area contributed by atoms with Gasteiger partial charge in [0.2, 0.25) is 0 Å². The molecule has 0 amide bonds. The molecule has 0 bridgehead atoms. The summed E-state index contributed by atoms with van der Waals surface area (Å²) in [5.41, 5.74) is 0. The number of hydrogen-bond donors (Lipinski definition) is 1. The zero-order chi connectivity index (χ0) is 12.5. The van der Waals surface area contributed by atoms with Crippen LogP contribution in [-0.4, -0.2) is 17.1 Å². The molecule has 1 unspecified atom stereocenters. The van der Waals surface area contributed by atoms with Gasteiger partial charge in [-0.05, 0) is 24.1 Å². The number of nitrogens with zero attached hydrogens (tertiary/aromatic N) is 1. The Morgan fingerprint density at radius 2 is 2.53 bits per heavy atom. The highest BCUT2D eigenvalue weighted by molar-refractivity contribution is 5.66. The Kier molecular flexibility index (Phi) is 2.16. The van der Waals surface area contributed by atoms with Crippen LogP contribution in [0.15, 0.2) is 29.2 Å². The molecule has 2 rings (SSSR count). The first-order valence-corrected chi connectivity index (χ1v) is 4.90. The summed E-state index contributed by atoms with van der Waals surface area (Å²) in [5.74, 6) is -0.849. The Bertz CT molecular complexity index is 570. The molecule has 0 fully saturated rings. The first-order chi connectivity index (χ1) is 7.98.